The Hall–Kier alpha value is -2.01. The molecule has 27 heavy (non-hydrogen) atoms. The number of nitrogens with one attached hydrogen (secondary N) is 1. The van der Waals surface area contributed by atoms with Crippen LogP contribution in [0.25, 0.3) is 0 Å². The maximum Gasteiger partial charge on any atom is 0.288 e. The SMILES string of the molecule is O=C(Nc1nnc(SCc2ccc(Br)cc2)s1)c1ccc(Cl)c([N+](=O)[O-])c1. The summed E-state index contributed by atoms with van der Waals surface area (Å²) in [6.45, 7) is 0. The molecular weight excluding hydrogens is 476 g/mol. The van der Waals surface area contributed by atoms with Crippen molar-refractivity contribution >= 4 is 67.4 Å². The first-order valence-corrected chi connectivity index (χ1v) is 10.4. The van der Waals surface area contributed by atoms with Gasteiger partial charge in [-0.25, -0.2) is 0 Å². The lowest BCUT2D eigenvalue weighted by Gasteiger charge is -2.02. The van der Waals surface area contributed by atoms with Crippen molar-refractivity contribution in [2.24, 2.45) is 0 Å². The number of rotatable bonds is 6. The number of hydrogen-bond acceptors (Lipinski definition) is 7. The van der Waals surface area contributed by atoms with Gasteiger partial charge in [0.15, 0.2) is 4.34 Å². The number of amides is 1. The number of thioether (sulfide) groups is 1. The van der Waals surface area contributed by atoms with Gasteiger partial charge in [-0.15, -0.1) is 10.2 Å². The number of hydrogen-bond donors (Lipinski definition) is 1. The minimum atomic E-state index is -0.638. The molecule has 11 heteroatoms. The van der Waals surface area contributed by atoms with Gasteiger partial charge in [0.1, 0.15) is 5.02 Å². The summed E-state index contributed by atoms with van der Waals surface area (Å²) >= 11 is 11.9. The Labute approximate surface area is 175 Å². The normalized spacial score (nSPS) is 10.6. The van der Waals surface area contributed by atoms with Crippen molar-refractivity contribution in [3.05, 3.63) is 73.2 Å². The van der Waals surface area contributed by atoms with E-state index in [2.05, 4.69) is 31.4 Å². The van der Waals surface area contributed by atoms with Crippen molar-refractivity contribution in [3.63, 3.8) is 0 Å². The van der Waals surface area contributed by atoms with E-state index >= 15 is 0 Å². The van der Waals surface area contributed by atoms with Crippen LogP contribution in [-0.4, -0.2) is 21.0 Å². The van der Waals surface area contributed by atoms with E-state index in [9.17, 15) is 14.9 Å². The molecule has 0 saturated heterocycles. The van der Waals surface area contributed by atoms with Gasteiger partial charge in [0.25, 0.3) is 11.6 Å². The second kappa shape index (κ2) is 8.79. The first kappa shape index (κ1) is 19.7. The van der Waals surface area contributed by atoms with Gasteiger partial charge in [-0.1, -0.05) is 62.8 Å². The highest BCUT2D eigenvalue weighted by molar-refractivity contribution is 9.10. The van der Waals surface area contributed by atoms with Crippen LogP contribution in [0.4, 0.5) is 10.8 Å². The van der Waals surface area contributed by atoms with Crippen LogP contribution in [0.2, 0.25) is 5.02 Å². The molecule has 0 unspecified atom stereocenters. The summed E-state index contributed by atoms with van der Waals surface area (Å²) in [6, 6.07) is 11.8. The van der Waals surface area contributed by atoms with Crippen molar-refractivity contribution in [1.29, 1.82) is 0 Å². The topological polar surface area (TPSA) is 98.0 Å². The van der Waals surface area contributed by atoms with E-state index in [-0.39, 0.29) is 16.3 Å². The zero-order valence-corrected chi connectivity index (χ0v) is 17.4. The number of nitro groups is 1. The average Bonchev–Trinajstić information content (AvgIpc) is 3.08. The van der Waals surface area contributed by atoms with Gasteiger partial charge in [-0.05, 0) is 29.8 Å². The molecule has 0 radical (unpaired) electrons. The molecule has 1 N–H and O–H groups in total. The monoisotopic (exact) mass is 484 g/mol. The lowest BCUT2D eigenvalue weighted by Crippen LogP contribution is -2.12. The fourth-order valence-electron chi connectivity index (χ4n) is 2.01. The molecule has 2 aromatic carbocycles. The van der Waals surface area contributed by atoms with Crippen LogP contribution in [0.5, 0.6) is 0 Å². The van der Waals surface area contributed by atoms with Crippen LogP contribution in [0.15, 0.2) is 51.3 Å². The predicted octanol–water partition coefficient (Wildman–Crippen LogP) is 5.41. The standard InChI is InChI=1S/C16H10BrClN4O3S2/c17-11-4-1-9(2-5-11)8-26-16-21-20-15(27-16)19-14(23)10-3-6-12(18)13(7-10)22(24)25/h1-7H,8H2,(H,19,20,23). The second-order valence-corrected chi connectivity index (χ2v) is 8.69. The van der Waals surface area contributed by atoms with Crippen LogP contribution >= 0.6 is 50.6 Å². The zero-order chi connectivity index (χ0) is 19.4. The molecule has 0 aliphatic rings. The van der Waals surface area contributed by atoms with Crippen LogP contribution in [-0.2, 0) is 5.75 Å². The first-order chi connectivity index (χ1) is 12.9. The third-order valence-electron chi connectivity index (χ3n) is 3.31. The molecule has 3 aromatic rings. The molecule has 1 amide bonds. The molecule has 138 valence electrons. The number of nitro benzene ring substituents is 1. The first-order valence-electron chi connectivity index (χ1n) is 7.38. The van der Waals surface area contributed by atoms with Gasteiger partial charge < -0.3 is 0 Å². The highest BCUT2D eigenvalue weighted by Gasteiger charge is 2.17. The number of aromatic nitrogens is 2. The Bertz CT molecular complexity index is 998. The fourth-order valence-corrected chi connectivity index (χ4v) is 4.16. The van der Waals surface area contributed by atoms with Gasteiger partial charge in [0, 0.05) is 21.9 Å². The van der Waals surface area contributed by atoms with E-state index in [0.29, 0.717) is 9.47 Å². The summed E-state index contributed by atoms with van der Waals surface area (Å²) in [7, 11) is 0. The number of anilines is 1. The van der Waals surface area contributed by atoms with Crippen molar-refractivity contribution in [2.75, 3.05) is 5.32 Å². The van der Waals surface area contributed by atoms with Crippen LogP contribution in [0.3, 0.4) is 0 Å². The van der Waals surface area contributed by atoms with Gasteiger partial charge in [0.2, 0.25) is 5.13 Å². The largest absolute Gasteiger partial charge is 0.296 e. The molecule has 0 spiro atoms. The van der Waals surface area contributed by atoms with E-state index in [1.807, 2.05) is 24.3 Å². The summed E-state index contributed by atoms with van der Waals surface area (Å²) in [5.41, 5.74) is 0.926. The number of halogens is 2. The molecule has 0 fully saturated rings. The van der Waals surface area contributed by atoms with Crippen LogP contribution in [0.1, 0.15) is 15.9 Å². The Morgan fingerprint density at radius 3 is 2.70 bits per heavy atom. The summed E-state index contributed by atoms with van der Waals surface area (Å²) in [6.07, 6.45) is 0. The highest BCUT2D eigenvalue weighted by Crippen LogP contribution is 2.29. The van der Waals surface area contributed by atoms with Crippen LogP contribution < -0.4 is 5.32 Å². The maximum atomic E-state index is 12.3. The summed E-state index contributed by atoms with van der Waals surface area (Å²) in [5.74, 6) is 0.203. The van der Waals surface area contributed by atoms with E-state index < -0.39 is 10.8 Å². The molecule has 3 rings (SSSR count). The fraction of sp³-hybridized carbons (Fsp3) is 0.0625. The van der Waals surface area contributed by atoms with Crippen molar-refractivity contribution in [2.45, 2.75) is 10.1 Å². The summed E-state index contributed by atoms with van der Waals surface area (Å²) < 4.78 is 1.72. The predicted molar refractivity (Wildman–Crippen MR) is 110 cm³/mol. The van der Waals surface area contributed by atoms with Gasteiger partial charge in [-0.2, -0.15) is 0 Å². The number of carbonyl (C=O) groups excluding carboxylic acids is 1. The third-order valence-corrected chi connectivity index (χ3v) is 6.20. The molecular formula is C16H10BrClN4O3S2. The maximum absolute atomic E-state index is 12.3. The number of benzene rings is 2. The van der Waals surface area contributed by atoms with Crippen molar-refractivity contribution in [1.82, 2.24) is 10.2 Å². The second-order valence-electron chi connectivity index (χ2n) is 5.17. The average molecular weight is 486 g/mol. The Kier molecular flexibility index (Phi) is 6.42. The van der Waals surface area contributed by atoms with Crippen molar-refractivity contribution < 1.29 is 9.72 Å². The third kappa shape index (κ3) is 5.25. The smallest absolute Gasteiger partial charge is 0.288 e. The van der Waals surface area contributed by atoms with E-state index in [0.717, 1.165) is 21.9 Å². The van der Waals surface area contributed by atoms with E-state index in [1.54, 1.807) is 0 Å². The van der Waals surface area contributed by atoms with Gasteiger partial charge in [0.05, 0.1) is 4.92 Å². The molecule has 0 saturated carbocycles. The Morgan fingerprint density at radius 2 is 2.00 bits per heavy atom. The Morgan fingerprint density at radius 1 is 1.26 bits per heavy atom. The molecule has 0 aliphatic heterocycles. The molecule has 1 heterocycles. The lowest BCUT2D eigenvalue weighted by molar-refractivity contribution is -0.384. The quantitative estimate of drug-likeness (QED) is 0.217. The molecule has 7 nitrogen and oxygen atoms in total. The summed E-state index contributed by atoms with van der Waals surface area (Å²) in [4.78, 5) is 22.6. The van der Waals surface area contributed by atoms with Gasteiger partial charge >= 0.3 is 0 Å². The zero-order valence-electron chi connectivity index (χ0n) is 13.4. The summed E-state index contributed by atoms with van der Waals surface area (Å²) in [5, 5.41) is 21.8. The minimum Gasteiger partial charge on any atom is -0.296 e. The molecule has 0 aliphatic carbocycles. The highest BCUT2D eigenvalue weighted by atomic mass is 79.9. The van der Waals surface area contributed by atoms with Crippen LogP contribution in [0, 0.1) is 10.1 Å². The number of nitrogens with zero attached hydrogens (tertiary/aromatic N) is 3. The Balaban J connectivity index is 1.63. The lowest BCUT2D eigenvalue weighted by atomic mass is 10.2. The molecule has 1 aromatic heterocycles. The minimum absolute atomic E-state index is 0.0286. The number of carbonyl (C=O) groups is 1. The van der Waals surface area contributed by atoms with Gasteiger partial charge in [-0.3, -0.25) is 20.2 Å². The van der Waals surface area contributed by atoms with E-state index in [1.165, 1.54) is 35.2 Å². The molecule has 0 bridgehead atoms. The van der Waals surface area contributed by atoms with Crippen molar-refractivity contribution in [3.8, 4) is 0 Å². The molecule has 0 atom stereocenters. The van der Waals surface area contributed by atoms with E-state index in [4.69, 9.17) is 11.6 Å².